The van der Waals surface area contributed by atoms with Gasteiger partial charge in [-0.1, -0.05) is 26.0 Å². The van der Waals surface area contributed by atoms with Gasteiger partial charge in [0, 0.05) is 22.8 Å². The third-order valence-corrected chi connectivity index (χ3v) is 4.15. The number of carbonyl (C=O) groups excluding carboxylic acids is 1. The predicted molar refractivity (Wildman–Crippen MR) is 97.7 cm³/mol. The molecule has 24 heavy (non-hydrogen) atoms. The molecule has 0 saturated carbocycles. The number of amides is 1. The topological polar surface area (TPSA) is 43.3 Å². The van der Waals surface area contributed by atoms with Gasteiger partial charge in [-0.15, -0.1) is 0 Å². The molecule has 0 unspecified atom stereocenters. The molecule has 4 heteroatoms. The minimum absolute atomic E-state index is 0.0411. The average Bonchev–Trinajstić information content (AvgIpc) is 2.97. The van der Waals surface area contributed by atoms with Gasteiger partial charge in [-0.05, 0) is 47.9 Å². The number of fused-ring (bicyclic) bond motifs is 1. The lowest BCUT2D eigenvalue weighted by Crippen LogP contribution is -2.18. The van der Waals surface area contributed by atoms with Crippen molar-refractivity contribution in [1.29, 1.82) is 0 Å². The molecule has 1 aromatic heterocycles. The number of hydrogen-bond donors (Lipinski definition) is 1. The third-order valence-electron chi connectivity index (χ3n) is 4.15. The van der Waals surface area contributed by atoms with Crippen molar-refractivity contribution in [3.8, 4) is 5.75 Å². The van der Waals surface area contributed by atoms with Crippen LogP contribution in [0, 0.1) is 0 Å². The lowest BCUT2D eigenvalue weighted by molar-refractivity contribution is -0.116. The summed E-state index contributed by atoms with van der Waals surface area (Å²) in [5, 5.41) is 4.01. The summed E-state index contributed by atoms with van der Waals surface area (Å²) < 4.78 is 7.17. The Kier molecular flexibility index (Phi) is 4.56. The molecule has 1 amide bonds. The Hall–Kier alpha value is -2.75. The van der Waals surface area contributed by atoms with E-state index in [0.29, 0.717) is 5.92 Å². The fourth-order valence-electron chi connectivity index (χ4n) is 2.75. The first-order chi connectivity index (χ1) is 11.6. The number of rotatable bonds is 5. The van der Waals surface area contributed by atoms with E-state index >= 15 is 0 Å². The smallest absolute Gasteiger partial charge is 0.244 e. The number of aromatic nitrogens is 1. The fraction of sp³-hybridized carbons (Fsp3) is 0.250. The highest BCUT2D eigenvalue weighted by atomic mass is 16.5. The lowest BCUT2D eigenvalue weighted by atomic mass is 10.0. The number of carbonyl (C=O) groups is 1. The first-order valence-corrected chi connectivity index (χ1v) is 8.09. The Morgan fingerprint density at radius 2 is 1.88 bits per heavy atom. The van der Waals surface area contributed by atoms with E-state index in [1.807, 2.05) is 47.2 Å². The maximum absolute atomic E-state index is 12.3. The van der Waals surface area contributed by atoms with Crippen molar-refractivity contribution < 1.29 is 9.53 Å². The molecule has 0 aliphatic rings. The van der Waals surface area contributed by atoms with Crippen molar-refractivity contribution in [2.45, 2.75) is 26.3 Å². The number of nitrogens with zero attached hydrogens (tertiary/aromatic N) is 1. The van der Waals surface area contributed by atoms with Crippen molar-refractivity contribution in [3.63, 3.8) is 0 Å². The van der Waals surface area contributed by atoms with Crippen LogP contribution in [-0.4, -0.2) is 17.6 Å². The molecule has 4 nitrogen and oxygen atoms in total. The van der Waals surface area contributed by atoms with Crippen LogP contribution in [0.3, 0.4) is 0 Å². The highest BCUT2D eigenvalue weighted by Crippen LogP contribution is 2.22. The summed E-state index contributed by atoms with van der Waals surface area (Å²) in [6.45, 7) is 4.58. The van der Waals surface area contributed by atoms with Crippen LogP contribution in [0.5, 0.6) is 5.75 Å². The minimum atomic E-state index is -0.0411. The van der Waals surface area contributed by atoms with Gasteiger partial charge in [-0.2, -0.15) is 0 Å². The van der Waals surface area contributed by atoms with Gasteiger partial charge in [0.05, 0.1) is 7.11 Å². The van der Waals surface area contributed by atoms with Gasteiger partial charge in [-0.3, -0.25) is 4.79 Å². The van der Waals surface area contributed by atoms with Gasteiger partial charge in [0.1, 0.15) is 12.3 Å². The molecule has 1 N–H and O–H groups in total. The summed E-state index contributed by atoms with van der Waals surface area (Å²) in [4.78, 5) is 12.3. The minimum Gasteiger partial charge on any atom is -0.497 e. The Labute approximate surface area is 142 Å². The zero-order chi connectivity index (χ0) is 17.1. The van der Waals surface area contributed by atoms with Gasteiger partial charge in [0.25, 0.3) is 0 Å². The maximum atomic E-state index is 12.3. The summed E-state index contributed by atoms with van der Waals surface area (Å²) in [7, 11) is 1.65. The molecule has 1 heterocycles. The molecule has 0 bridgehead atoms. The quantitative estimate of drug-likeness (QED) is 0.756. The number of ether oxygens (including phenoxy) is 1. The van der Waals surface area contributed by atoms with Crippen molar-refractivity contribution in [3.05, 3.63) is 60.3 Å². The number of nitrogens with one attached hydrogen (secondary N) is 1. The number of anilines is 1. The van der Waals surface area contributed by atoms with Crippen LogP contribution >= 0.6 is 0 Å². The summed E-state index contributed by atoms with van der Waals surface area (Å²) >= 11 is 0. The van der Waals surface area contributed by atoms with Crippen molar-refractivity contribution >= 4 is 22.5 Å². The Morgan fingerprint density at radius 3 is 2.54 bits per heavy atom. The molecule has 2 aromatic carbocycles. The van der Waals surface area contributed by atoms with Crippen LogP contribution in [-0.2, 0) is 11.3 Å². The van der Waals surface area contributed by atoms with E-state index in [2.05, 4.69) is 31.3 Å². The molecule has 0 aliphatic heterocycles. The van der Waals surface area contributed by atoms with Crippen molar-refractivity contribution in [2.24, 2.45) is 0 Å². The Morgan fingerprint density at radius 1 is 1.12 bits per heavy atom. The SMILES string of the molecule is COc1ccc2c(ccn2CC(=O)Nc2ccc(C(C)C)cc2)c1. The molecule has 124 valence electrons. The van der Waals surface area contributed by atoms with E-state index < -0.39 is 0 Å². The van der Waals surface area contributed by atoms with Crippen LogP contribution in [0.1, 0.15) is 25.3 Å². The second-order valence-electron chi connectivity index (χ2n) is 6.19. The third kappa shape index (κ3) is 3.43. The van der Waals surface area contributed by atoms with E-state index in [4.69, 9.17) is 4.74 Å². The van der Waals surface area contributed by atoms with Gasteiger partial charge in [0.15, 0.2) is 0 Å². The highest BCUT2D eigenvalue weighted by Gasteiger charge is 2.08. The Bertz CT molecular complexity index is 848. The summed E-state index contributed by atoms with van der Waals surface area (Å²) in [6, 6.07) is 15.8. The van der Waals surface area contributed by atoms with E-state index in [9.17, 15) is 4.79 Å². The first-order valence-electron chi connectivity index (χ1n) is 8.09. The van der Waals surface area contributed by atoms with Crippen LogP contribution in [0.4, 0.5) is 5.69 Å². The van der Waals surface area contributed by atoms with Crippen molar-refractivity contribution in [1.82, 2.24) is 4.57 Å². The number of methoxy groups -OCH3 is 1. The van der Waals surface area contributed by atoms with Gasteiger partial charge in [-0.25, -0.2) is 0 Å². The van der Waals surface area contributed by atoms with Crippen LogP contribution in [0.2, 0.25) is 0 Å². The van der Waals surface area contributed by atoms with E-state index in [0.717, 1.165) is 22.3 Å². The normalized spacial score (nSPS) is 11.0. The molecular formula is C20H22N2O2. The van der Waals surface area contributed by atoms with Gasteiger partial charge < -0.3 is 14.6 Å². The molecule has 3 rings (SSSR count). The van der Waals surface area contributed by atoms with Crippen LogP contribution in [0.25, 0.3) is 10.9 Å². The largest absolute Gasteiger partial charge is 0.497 e. The van der Waals surface area contributed by atoms with Crippen LogP contribution in [0.15, 0.2) is 54.7 Å². The molecule has 0 atom stereocenters. The van der Waals surface area contributed by atoms with E-state index in [1.165, 1.54) is 5.56 Å². The zero-order valence-corrected chi connectivity index (χ0v) is 14.2. The fourth-order valence-corrected chi connectivity index (χ4v) is 2.75. The molecule has 0 saturated heterocycles. The summed E-state index contributed by atoms with van der Waals surface area (Å²) in [6.07, 6.45) is 1.92. The highest BCUT2D eigenvalue weighted by molar-refractivity contribution is 5.92. The predicted octanol–water partition coefficient (Wildman–Crippen LogP) is 4.41. The van der Waals surface area contributed by atoms with Crippen molar-refractivity contribution in [2.75, 3.05) is 12.4 Å². The number of hydrogen-bond acceptors (Lipinski definition) is 2. The first kappa shape index (κ1) is 16.1. The molecular weight excluding hydrogens is 300 g/mol. The average molecular weight is 322 g/mol. The molecule has 3 aromatic rings. The maximum Gasteiger partial charge on any atom is 0.244 e. The standard InChI is InChI=1S/C20H22N2O2/c1-14(2)15-4-6-17(7-5-15)21-20(23)13-22-11-10-16-12-18(24-3)8-9-19(16)22/h4-12,14H,13H2,1-3H3,(H,21,23). The summed E-state index contributed by atoms with van der Waals surface area (Å²) in [5.74, 6) is 1.26. The van der Waals surface area contributed by atoms with E-state index in [-0.39, 0.29) is 12.5 Å². The molecule has 0 radical (unpaired) electrons. The lowest BCUT2D eigenvalue weighted by Gasteiger charge is -2.10. The monoisotopic (exact) mass is 322 g/mol. The second kappa shape index (κ2) is 6.79. The second-order valence-corrected chi connectivity index (χ2v) is 6.19. The summed E-state index contributed by atoms with van der Waals surface area (Å²) in [5.41, 5.74) is 3.10. The van der Waals surface area contributed by atoms with E-state index in [1.54, 1.807) is 7.11 Å². The molecule has 0 fully saturated rings. The number of benzene rings is 2. The molecule has 0 spiro atoms. The van der Waals surface area contributed by atoms with Gasteiger partial charge >= 0.3 is 0 Å². The molecule has 0 aliphatic carbocycles. The Balaban J connectivity index is 1.70. The van der Waals surface area contributed by atoms with Crippen LogP contribution < -0.4 is 10.1 Å². The zero-order valence-electron chi connectivity index (χ0n) is 14.2. The van der Waals surface area contributed by atoms with Gasteiger partial charge in [0.2, 0.25) is 5.91 Å².